The molecule has 1 atom stereocenters. The molecule has 0 radical (unpaired) electrons. The summed E-state index contributed by atoms with van der Waals surface area (Å²) in [5.74, 6) is 0.564. The molecular formula is C5H11N5O. The largest absolute Gasteiger partial charge is 0.395 e. The molecule has 1 heterocycles. The minimum Gasteiger partial charge on any atom is -0.395 e. The number of hydrogen-bond acceptors (Lipinski definition) is 5. The summed E-state index contributed by atoms with van der Waals surface area (Å²) in [6, 6.07) is -0.292. The number of nitrogens with zero attached hydrogens (tertiary/aromatic N) is 4. The molecule has 6 heteroatoms. The predicted molar refractivity (Wildman–Crippen MR) is 37.6 cm³/mol. The van der Waals surface area contributed by atoms with Crippen LogP contribution in [0.2, 0.25) is 0 Å². The van der Waals surface area contributed by atoms with Gasteiger partial charge in [-0.3, -0.25) is 0 Å². The van der Waals surface area contributed by atoms with Gasteiger partial charge >= 0.3 is 0 Å². The van der Waals surface area contributed by atoms with Gasteiger partial charge in [0.15, 0.2) is 5.82 Å². The number of aliphatic hydroxyl groups excluding tert-OH is 1. The van der Waals surface area contributed by atoms with Crippen LogP contribution < -0.4 is 5.73 Å². The minimum absolute atomic E-state index is 0.0573. The number of aryl methyl sites for hydroxylation is 1. The fourth-order valence-corrected chi connectivity index (χ4v) is 0.704. The zero-order chi connectivity index (χ0) is 8.27. The van der Waals surface area contributed by atoms with Gasteiger partial charge in [-0.2, -0.15) is 4.80 Å². The highest BCUT2D eigenvalue weighted by Gasteiger charge is 2.06. The van der Waals surface area contributed by atoms with Crippen LogP contribution >= 0.6 is 0 Å². The van der Waals surface area contributed by atoms with Gasteiger partial charge in [-0.15, -0.1) is 10.2 Å². The first kappa shape index (κ1) is 8.09. The summed E-state index contributed by atoms with van der Waals surface area (Å²) in [5.41, 5.74) is 5.45. The third-order valence-electron chi connectivity index (χ3n) is 1.23. The second-order valence-electron chi connectivity index (χ2n) is 2.34. The number of nitrogens with two attached hydrogens (primary N) is 1. The van der Waals surface area contributed by atoms with E-state index in [1.165, 1.54) is 4.80 Å². The Hall–Kier alpha value is -1.01. The lowest BCUT2D eigenvalue weighted by Gasteiger charge is -2.01. The summed E-state index contributed by atoms with van der Waals surface area (Å²) in [5, 5.41) is 19.8. The number of aromatic nitrogens is 4. The molecule has 0 saturated heterocycles. The maximum absolute atomic E-state index is 8.60. The molecule has 62 valence electrons. The Morgan fingerprint density at radius 1 is 1.73 bits per heavy atom. The molecule has 1 rings (SSSR count). The third-order valence-corrected chi connectivity index (χ3v) is 1.23. The molecule has 0 saturated carbocycles. The molecule has 0 aliphatic heterocycles. The van der Waals surface area contributed by atoms with Gasteiger partial charge in [0.25, 0.3) is 0 Å². The number of rotatable bonds is 3. The average molecular weight is 157 g/mol. The fourth-order valence-electron chi connectivity index (χ4n) is 0.704. The SMILES string of the molecule is Cn1nnc(CC(N)CO)n1. The number of hydrogen-bond donors (Lipinski definition) is 2. The molecule has 0 aromatic carbocycles. The van der Waals surface area contributed by atoms with Crippen molar-refractivity contribution in [2.24, 2.45) is 12.8 Å². The maximum Gasteiger partial charge on any atom is 0.176 e. The molecule has 6 nitrogen and oxygen atoms in total. The quantitative estimate of drug-likeness (QED) is 0.533. The van der Waals surface area contributed by atoms with Gasteiger partial charge < -0.3 is 10.8 Å². The van der Waals surface area contributed by atoms with Gasteiger partial charge in [-0.05, 0) is 5.21 Å². The Morgan fingerprint density at radius 2 is 2.45 bits per heavy atom. The highest BCUT2D eigenvalue weighted by Crippen LogP contribution is 1.90. The van der Waals surface area contributed by atoms with Crippen LogP contribution in [0.5, 0.6) is 0 Å². The van der Waals surface area contributed by atoms with E-state index in [-0.39, 0.29) is 12.6 Å². The van der Waals surface area contributed by atoms with E-state index in [4.69, 9.17) is 10.8 Å². The summed E-state index contributed by atoms with van der Waals surface area (Å²) in [4.78, 5) is 1.36. The van der Waals surface area contributed by atoms with Crippen molar-refractivity contribution in [3.05, 3.63) is 5.82 Å². The van der Waals surface area contributed by atoms with Gasteiger partial charge in [0.05, 0.1) is 13.7 Å². The predicted octanol–water partition coefficient (Wildman–Crippen LogP) is -1.93. The number of aliphatic hydroxyl groups is 1. The average Bonchev–Trinajstić information content (AvgIpc) is 2.35. The van der Waals surface area contributed by atoms with E-state index >= 15 is 0 Å². The van der Waals surface area contributed by atoms with Crippen molar-refractivity contribution in [3.8, 4) is 0 Å². The summed E-state index contributed by atoms with van der Waals surface area (Å²) in [6.07, 6.45) is 0.463. The van der Waals surface area contributed by atoms with E-state index in [0.29, 0.717) is 12.2 Å². The van der Waals surface area contributed by atoms with E-state index in [2.05, 4.69) is 15.4 Å². The zero-order valence-corrected chi connectivity index (χ0v) is 6.30. The molecule has 11 heavy (non-hydrogen) atoms. The van der Waals surface area contributed by atoms with Crippen molar-refractivity contribution in [3.63, 3.8) is 0 Å². The molecule has 1 unspecified atom stereocenters. The molecule has 1 aromatic heterocycles. The van der Waals surface area contributed by atoms with Crippen LogP contribution in [0.3, 0.4) is 0 Å². The molecule has 1 aromatic rings. The second-order valence-corrected chi connectivity index (χ2v) is 2.34. The third kappa shape index (κ3) is 2.24. The fraction of sp³-hybridized carbons (Fsp3) is 0.800. The van der Waals surface area contributed by atoms with Crippen molar-refractivity contribution in [2.45, 2.75) is 12.5 Å². The summed E-state index contributed by atoms with van der Waals surface area (Å²) in [7, 11) is 1.68. The van der Waals surface area contributed by atoms with Crippen molar-refractivity contribution < 1.29 is 5.11 Å². The molecule has 0 spiro atoms. The van der Waals surface area contributed by atoms with Crippen molar-refractivity contribution in [2.75, 3.05) is 6.61 Å². The van der Waals surface area contributed by atoms with Gasteiger partial charge in [0.2, 0.25) is 0 Å². The van der Waals surface area contributed by atoms with Crippen LogP contribution in [-0.2, 0) is 13.5 Å². The Bertz CT molecular complexity index is 222. The van der Waals surface area contributed by atoms with Crippen molar-refractivity contribution in [1.82, 2.24) is 20.2 Å². The number of tetrazole rings is 1. The van der Waals surface area contributed by atoms with E-state index < -0.39 is 0 Å². The first-order valence-corrected chi connectivity index (χ1v) is 3.31. The normalized spacial score (nSPS) is 13.4. The smallest absolute Gasteiger partial charge is 0.176 e. The van der Waals surface area contributed by atoms with Crippen LogP contribution in [0.25, 0.3) is 0 Å². The van der Waals surface area contributed by atoms with Gasteiger partial charge in [-0.1, -0.05) is 0 Å². The lowest BCUT2D eigenvalue weighted by atomic mass is 10.2. The zero-order valence-electron chi connectivity index (χ0n) is 6.30. The van der Waals surface area contributed by atoms with Gasteiger partial charge in [0.1, 0.15) is 0 Å². The molecule has 0 aliphatic rings. The molecule has 0 aliphatic carbocycles. The van der Waals surface area contributed by atoms with Crippen LogP contribution in [0.15, 0.2) is 0 Å². The minimum atomic E-state index is -0.292. The summed E-state index contributed by atoms with van der Waals surface area (Å²) in [6.45, 7) is -0.0573. The van der Waals surface area contributed by atoms with Crippen LogP contribution in [0, 0.1) is 0 Å². The van der Waals surface area contributed by atoms with E-state index in [0.717, 1.165) is 0 Å². The maximum atomic E-state index is 8.60. The summed E-state index contributed by atoms with van der Waals surface area (Å²) < 4.78 is 0. The Labute approximate surface area is 64.0 Å². The van der Waals surface area contributed by atoms with Crippen molar-refractivity contribution >= 4 is 0 Å². The van der Waals surface area contributed by atoms with Crippen LogP contribution in [-0.4, -0.2) is 38.0 Å². The standard InChI is InChI=1S/C5H11N5O/c1-10-8-5(7-9-10)2-4(6)3-11/h4,11H,2-3,6H2,1H3. The molecule has 3 N–H and O–H groups in total. The van der Waals surface area contributed by atoms with Crippen molar-refractivity contribution in [1.29, 1.82) is 0 Å². The Balaban J connectivity index is 2.50. The van der Waals surface area contributed by atoms with E-state index in [9.17, 15) is 0 Å². The highest BCUT2D eigenvalue weighted by molar-refractivity contribution is 4.82. The summed E-state index contributed by atoms with van der Waals surface area (Å²) >= 11 is 0. The van der Waals surface area contributed by atoms with Crippen LogP contribution in [0.1, 0.15) is 5.82 Å². The topological polar surface area (TPSA) is 89.9 Å². The molecule has 0 amide bonds. The van der Waals surface area contributed by atoms with Gasteiger partial charge in [0, 0.05) is 12.5 Å². The lowest BCUT2D eigenvalue weighted by Crippen LogP contribution is -2.27. The Kier molecular flexibility index (Phi) is 2.50. The molecule has 0 bridgehead atoms. The van der Waals surface area contributed by atoms with Crippen LogP contribution in [0.4, 0.5) is 0 Å². The second kappa shape index (κ2) is 3.40. The molecule has 0 fully saturated rings. The lowest BCUT2D eigenvalue weighted by molar-refractivity contribution is 0.264. The van der Waals surface area contributed by atoms with Gasteiger partial charge in [-0.25, -0.2) is 0 Å². The van der Waals surface area contributed by atoms with E-state index in [1.807, 2.05) is 0 Å². The Morgan fingerprint density at radius 3 is 2.91 bits per heavy atom. The first-order chi connectivity index (χ1) is 5.22. The monoisotopic (exact) mass is 157 g/mol. The molecular weight excluding hydrogens is 146 g/mol. The van der Waals surface area contributed by atoms with E-state index in [1.54, 1.807) is 7.05 Å². The highest BCUT2D eigenvalue weighted by atomic mass is 16.3. The first-order valence-electron chi connectivity index (χ1n) is 3.31.